The average molecular weight is 868 g/mol. The maximum absolute atomic E-state index is 13.2. The minimum Gasteiger partial charge on any atom is -0.462 e. The van der Waals surface area contributed by atoms with Gasteiger partial charge in [-0.15, -0.1) is 0 Å². The van der Waals surface area contributed by atoms with E-state index in [-0.39, 0.29) is 24.9 Å². The molecule has 0 aliphatic rings. The first-order valence-corrected chi connectivity index (χ1v) is 26.5. The molecule has 0 heterocycles. The number of carbonyl (C=O) groups excluding carboxylic acids is 2. The van der Waals surface area contributed by atoms with Gasteiger partial charge in [-0.2, -0.15) is 0 Å². The third kappa shape index (κ3) is 44.2. The van der Waals surface area contributed by atoms with Gasteiger partial charge in [0.2, 0.25) is 5.91 Å². The molecule has 3 unspecified atom stereocenters. The average Bonchev–Trinajstić information content (AvgIpc) is 3.26. The van der Waals surface area contributed by atoms with Gasteiger partial charge in [-0.3, -0.25) is 9.59 Å². The van der Waals surface area contributed by atoms with E-state index in [1.165, 1.54) is 141 Å². The molecule has 0 radical (unpaired) electrons. The van der Waals surface area contributed by atoms with Crippen molar-refractivity contribution in [3.63, 3.8) is 0 Å². The van der Waals surface area contributed by atoms with Gasteiger partial charge < -0.3 is 20.3 Å². The number of nitrogens with one attached hydrogen (secondary N) is 1. The second-order valence-corrected chi connectivity index (χ2v) is 17.9. The van der Waals surface area contributed by atoms with E-state index in [9.17, 15) is 19.8 Å². The van der Waals surface area contributed by atoms with Gasteiger partial charge in [0.25, 0.3) is 0 Å². The van der Waals surface area contributed by atoms with Crippen LogP contribution < -0.4 is 5.32 Å². The highest BCUT2D eigenvalue weighted by atomic mass is 16.5. The number of amides is 1. The molecule has 0 spiro atoms. The van der Waals surface area contributed by atoms with Crippen LogP contribution in [0.3, 0.4) is 0 Å². The van der Waals surface area contributed by atoms with Gasteiger partial charge in [-0.25, -0.2) is 0 Å². The zero-order valence-electron chi connectivity index (χ0n) is 41.0. The number of aliphatic hydroxyl groups is 2. The number of esters is 1. The largest absolute Gasteiger partial charge is 0.462 e. The number of rotatable bonds is 47. The number of allylic oxidation sites excluding steroid dienone is 10. The number of unbranched alkanes of at least 4 members (excludes halogenated alkanes) is 25. The lowest BCUT2D eigenvalue weighted by atomic mass is 10.0. The van der Waals surface area contributed by atoms with Crippen LogP contribution >= 0.6 is 0 Å². The van der Waals surface area contributed by atoms with E-state index >= 15 is 0 Å². The summed E-state index contributed by atoms with van der Waals surface area (Å²) in [5, 5.41) is 23.7. The molecule has 6 nitrogen and oxygen atoms in total. The van der Waals surface area contributed by atoms with E-state index in [2.05, 4.69) is 86.8 Å². The van der Waals surface area contributed by atoms with Gasteiger partial charge in [0.15, 0.2) is 0 Å². The van der Waals surface area contributed by atoms with Crippen LogP contribution in [0.15, 0.2) is 60.8 Å². The summed E-state index contributed by atoms with van der Waals surface area (Å²) in [6, 6.07) is -0.714. The van der Waals surface area contributed by atoms with Crippen LogP contribution in [0.25, 0.3) is 0 Å². The lowest BCUT2D eigenvalue weighted by Gasteiger charge is -2.24. The van der Waals surface area contributed by atoms with Gasteiger partial charge in [0, 0.05) is 6.42 Å². The Balaban J connectivity index is 4.66. The molecule has 0 aromatic rings. The topological polar surface area (TPSA) is 95.9 Å². The van der Waals surface area contributed by atoms with Crippen molar-refractivity contribution in [1.82, 2.24) is 5.32 Å². The van der Waals surface area contributed by atoms with E-state index in [0.717, 1.165) is 64.2 Å². The van der Waals surface area contributed by atoms with Crippen LogP contribution in [0.1, 0.15) is 258 Å². The summed E-state index contributed by atoms with van der Waals surface area (Å²) in [6.45, 7) is 6.42. The fraction of sp³-hybridized carbons (Fsp3) is 0.786. The predicted octanol–water partition coefficient (Wildman–Crippen LogP) is 16.0. The first kappa shape index (κ1) is 59.6. The summed E-state index contributed by atoms with van der Waals surface area (Å²) in [7, 11) is 0. The monoisotopic (exact) mass is 868 g/mol. The number of aliphatic hydroxyl groups excluding tert-OH is 2. The van der Waals surface area contributed by atoms with Crippen LogP contribution in [0.2, 0.25) is 0 Å². The Labute approximate surface area is 384 Å². The summed E-state index contributed by atoms with van der Waals surface area (Å²) >= 11 is 0. The summed E-state index contributed by atoms with van der Waals surface area (Å²) in [5.74, 6) is -0.543. The lowest BCUT2D eigenvalue weighted by Crippen LogP contribution is -2.46. The Morgan fingerprint density at radius 1 is 0.468 bits per heavy atom. The van der Waals surface area contributed by atoms with Crippen LogP contribution in [0.4, 0.5) is 0 Å². The van der Waals surface area contributed by atoms with Crippen molar-refractivity contribution in [3.05, 3.63) is 60.8 Å². The van der Waals surface area contributed by atoms with Crippen molar-refractivity contribution in [2.24, 2.45) is 0 Å². The van der Waals surface area contributed by atoms with E-state index in [1.807, 2.05) is 0 Å². The Hall–Kier alpha value is -2.44. The molecule has 3 N–H and O–H groups in total. The highest BCUT2D eigenvalue weighted by Gasteiger charge is 2.24. The first-order valence-electron chi connectivity index (χ1n) is 26.5. The molecule has 6 heteroatoms. The standard InChI is InChI=1S/C56H101NO5/c1-4-7-10-13-16-19-21-23-25-27-29-31-33-36-38-41-44-47-52(50-55(60)57-53(51-58)54(59)48-45-42-39-35-18-15-12-9-6-3)62-56(61)49-46-43-40-37-34-32-30-28-26-24-22-20-17-14-11-8-5-2/h17,20,23-26,30,32,37,40,52-54,58-59H,4-16,18-19,21-22,27-29,31,33-36,38-39,41-51H2,1-3H3,(H,57,60)/b20-17-,25-23+,26-24-,32-30-,40-37-. The van der Waals surface area contributed by atoms with Crippen molar-refractivity contribution in [2.75, 3.05) is 6.61 Å². The minimum absolute atomic E-state index is 0.0521. The quantitative estimate of drug-likeness (QED) is 0.0322. The molecule has 0 aromatic heterocycles. The molecule has 0 aliphatic heterocycles. The Bertz CT molecular complexity index is 1110. The van der Waals surface area contributed by atoms with E-state index in [0.29, 0.717) is 25.7 Å². The van der Waals surface area contributed by atoms with Gasteiger partial charge >= 0.3 is 5.97 Å². The van der Waals surface area contributed by atoms with Gasteiger partial charge in [0.1, 0.15) is 6.10 Å². The van der Waals surface area contributed by atoms with Crippen LogP contribution in [0, 0.1) is 0 Å². The predicted molar refractivity (Wildman–Crippen MR) is 268 cm³/mol. The number of ether oxygens (including phenoxy) is 1. The summed E-state index contributed by atoms with van der Waals surface area (Å²) in [5.41, 5.74) is 0. The van der Waals surface area contributed by atoms with E-state index < -0.39 is 18.2 Å². The van der Waals surface area contributed by atoms with E-state index in [1.54, 1.807) is 0 Å². The summed E-state index contributed by atoms with van der Waals surface area (Å²) in [4.78, 5) is 26.1. The molecule has 0 saturated carbocycles. The zero-order chi connectivity index (χ0) is 45.2. The molecule has 3 atom stereocenters. The molecule has 1 amide bonds. The maximum atomic E-state index is 13.2. The number of carbonyl (C=O) groups is 2. The SMILES string of the molecule is CCCCC/C=C\C/C=C\C/C=C\C/C=C\CCCC(=O)OC(CCCCCCCCC/C=C/CCCCCCCC)CC(=O)NC(CO)C(O)CCCCCCCCCCC. The fourth-order valence-electron chi connectivity index (χ4n) is 7.77. The fourth-order valence-corrected chi connectivity index (χ4v) is 7.77. The van der Waals surface area contributed by atoms with Crippen LogP contribution in [-0.4, -0.2) is 46.9 Å². The van der Waals surface area contributed by atoms with Gasteiger partial charge in [-0.05, 0) is 89.9 Å². The zero-order valence-corrected chi connectivity index (χ0v) is 41.0. The smallest absolute Gasteiger partial charge is 0.306 e. The third-order valence-corrected chi connectivity index (χ3v) is 11.8. The van der Waals surface area contributed by atoms with Crippen molar-refractivity contribution in [2.45, 2.75) is 277 Å². The van der Waals surface area contributed by atoms with Crippen molar-refractivity contribution in [3.8, 4) is 0 Å². The Morgan fingerprint density at radius 2 is 0.823 bits per heavy atom. The Morgan fingerprint density at radius 3 is 1.29 bits per heavy atom. The van der Waals surface area contributed by atoms with Crippen LogP contribution in [0.5, 0.6) is 0 Å². The van der Waals surface area contributed by atoms with E-state index in [4.69, 9.17) is 4.74 Å². The third-order valence-electron chi connectivity index (χ3n) is 11.8. The highest BCUT2D eigenvalue weighted by molar-refractivity contribution is 5.77. The molecule has 360 valence electrons. The Kier molecular flexibility index (Phi) is 47.6. The molecule has 62 heavy (non-hydrogen) atoms. The van der Waals surface area contributed by atoms with Crippen molar-refractivity contribution >= 4 is 11.9 Å². The normalized spacial score (nSPS) is 13.7. The first-order chi connectivity index (χ1) is 30.5. The second kappa shape index (κ2) is 49.6. The molecular formula is C56H101NO5. The van der Waals surface area contributed by atoms with Gasteiger partial charge in [-0.1, -0.05) is 216 Å². The summed E-state index contributed by atoms with van der Waals surface area (Å²) < 4.78 is 5.91. The highest BCUT2D eigenvalue weighted by Crippen LogP contribution is 2.17. The molecule has 0 rings (SSSR count). The second-order valence-electron chi connectivity index (χ2n) is 17.9. The molecule has 0 aromatic carbocycles. The van der Waals surface area contributed by atoms with Gasteiger partial charge in [0.05, 0.1) is 25.2 Å². The number of hydrogen-bond donors (Lipinski definition) is 3. The van der Waals surface area contributed by atoms with Crippen molar-refractivity contribution < 1.29 is 24.5 Å². The lowest BCUT2D eigenvalue weighted by molar-refractivity contribution is -0.151. The maximum Gasteiger partial charge on any atom is 0.306 e. The van der Waals surface area contributed by atoms with Crippen molar-refractivity contribution in [1.29, 1.82) is 0 Å². The van der Waals surface area contributed by atoms with Crippen LogP contribution in [-0.2, 0) is 14.3 Å². The summed E-state index contributed by atoms with van der Waals surface area (Å²) in [6.07, 6.45) is 61.4. The molecular weight excluding hydrogens is 767 g/mol. The molecule has 0 fully saturated rings. The molecule has 0 aliphatic carbocycles. The molecule has 0 bridgehead atoms. The minimum atomic E-state index is -0.798. The molecule has 0 saturated heterocycles. The number of hydrogen-bond acceptors (Lipinski definition) is 5.